The lowest BCUT2D eigenvalue weighted by atomic mass is 10.0. The van der Waals surface area contributed by atoms with Gasteiger partial charge in [-0.3, -0.25) is 0 Å². The molecule has 3 rings (SSSR count). The molecule has 5 nitrogen and oxygen atoms in total. The summed E-state index contributed by atoms with van der Waals surface area (Å²) in [5, 5.41) is 4.33. The van der Waals surface area contributed by atoms with Gasteiger partial charge in [0, 0.05) is 17.0 Å². The van der Waals surface area contributed by atoms with Gasteiger partial charge in [-0.1, -0.05) is 6.42 Å². The predicted octanol–water partition coefficient (Wildman–Crippen LogP) is 2.59. The minimum absolute atomic E-state index is 0.129. The van der Waals surface area contributed by atoms with E-state index in [1.807, 2.05) is 19.1 Å². The van der Waals surface area contributed by atoms with Crippen LogP contribution in [0.15, 0.2) is 27.4 Å². The van der Waals surface area contributed by atoms with Gasteiger partial charge in [0.1, 0.15) is 17.0 Å². The van der Waals surface area contributed by atoms with Crippen LogP contribution < -0.4 is 21.4 Å². The number of hydrogen-bond donors (Lipinski definition) is 2. The molecule has 1 aliphatic heterocycles. The summed E-state index contributed by atoms with van der Waals surface area (Å²) < 4.78 is 11.2. The third-order valence-corrected chi connectivity index (χ3v) is 4.26. The second-order valence-electron chi connectivity index (χ2n) is 5.88. The third kappa shape index (κ3) is 3.09. The maximum Gasteiger partial charge on any atom is 0.359 e. The molecule has 5 heteroatoms. The molecule has 0 saturated carbocycles. The topological polar surface area (TPSA) is 77.5 Å². The highest BCUT2D eigenvalue weighted by Gasteiger charge is 2.13. The molecule has 1 saturated heterocycles. The van der Waals surface area contributed by atoms with E-state index in [9.17, 15) is 4.79 Å². The van der Waals surface area contributed by atoms with Gasteiger partial charge in [0.05, 0.1) is 6.61 Å². The van der Waals surface area contributed by atoms with Crippen molar-refractivity contribution in [2.24, 2.45) is 0 Å². The summed E-state index contributed by atoms with van der Waals surface area (Å²) in [7, 11) is 0. The van der Waals surface area contributed by atoms with Gasteiger partial charge in [0.15, 0.2) is 0 Å². The van der Waals surface area contributed by atoms with Gasteiger partial charge in [-0.15, -0.1) is 0 Å². The van der Waals surface area contributed by atoms with Crippen LogP contribution in [0.4, 0.5) is 5.69 Å². The largest absolute Gasteiger partial charge is 0.493 e. The number of benzene rings is 1. The Kier molecular flexibility index (Phi) is 4.34. The van der Waals surface area contributed by atoms with Gasteiger partial charge >= 0.3 is 5.63 Å². The quantitative estimate of drug-likeness (QED) is 0.849. The molecule has 2 aromatic rings. The van der Waals surface area contributed by atoms with Crippen molar-refractivity contribution in [3.63, 3.8) is 0 Å². The van der Waals surface area contributed by atoms with Crippen molar-refractivity contribution in [3.8, 4) is 5.75 Å². The SMILES string of the molecule is Cc1c(OCCC2CCCCN2)ccc2cc(N)c(=O)oc12. The molecule has 1 aromatic carbocycles. The van der Waals surface area contributed by atoms with Crippen molar-refractivity contribution in [3.05, 3.63) is 34.2 Å². The van der Waals surface area contributed by atoms with Crippen LogP contribution in [0.2, 0.25) is 0 Å². The number of ether oxygens (including phenoxy) is 1. The summed E-state index contributed by atoms with van der Waals surface area (Å²) in [6.07, 6.45) is 4.76. The fraction of sp³-hybridized carbons (Fsp3) is 0.471. The second-order valence-corrected chi connectivity index (χ2v) is 5.88. The molecule has 1 aliphatic rings. The molecular weight excluding hydrogens is 280 g/mol. The fourth-order valence-corrected chi connectivity index (χ4v) is 2.96. The molecule has 0 bridgehead atoms. The Bertz CT molecular complexity index is 718. The number of nitrogens with one attached hydrogen (secondary N) is 1. The Labute approximate surface area is 129 Å². The summed E-state index contributed by atoms with van der Waals surface area (Å²) in [6.45, 7) is 3.66. The van der Waals surface area contributed by atoms with Gasteiger partial charge in [-0.25, -0.2) is 4.79 Å². The smallest absolute Gasteiger partial charge is 0.359 e. The molecule has 1 unspecified atom stereocenters. The lowest BCUT2D eigenvalue weighted by Gasteiger charge is -2.23. The van der Waals surface area contributed by atoms with Crippen LogP contribution >= 0.6 is 0 Å². The summed E-state index contributed by atoms with van der Waals surface area (Å²) in [4.78, 5) is 11.6. The Morgan fingerprint density at radius 1 is 1.41 bits per heavy atom. The standard InChI is InChI=1S/C17H22N2O3/c1-11-15(21-9-7-13-4-2-3-8-19-13)6-5-12-10-14(18)17(20)22-16(11)12/h5-6,10,13,19H,2-4,7-9,18H2,1H3. The van der Waals surface area contributed by atoms with Crippen molar-refractivity contribution in [1.29, 1.82) is 0 Å². The summed E-state index contributed by atoms with van der Waals surface area (Å²) in [6, 6.07) is 5.97. The van der Waals surface area contributed by atoms with Gasteiger partial charge in [0.25, 0.3) is 0 Å². The average molecular weight is 302 g/mol. The van der Waals surface area contributed by atoms with Crippen LogP contribution in [0.1, 0.15) is 31.2 Å². The first-order valence-corrected chi connectivity index (χ1v) is 7.84. The van der Waals surface area contributed by atoms with Crippen molar-refractivity contribution in [2.45, 2.75) is 38.6 Å². The van der Waals surface area contributed by atoms with Crippen LogP contribution in [0.3, 0.4) is 0 Å². The van der Waals surface area contributed by atoms with E-state index >= 15 is 0 Å². The first-order chi connectivity index (χ1) is 10.6. The van der Waals surface area contributed by atoms with Crippen LogP contribution in [0.5, 0.6) is 5.75 Å². The summed E-state index contributed by atoms with van der Waals surface area (Å²) in [5.74, 6) is 0.760. The molecule has 1 atom stereocenters. The first kappa shape index (κ1) is 14.9. The predicted molar refractivity (Wildman–Crippen MR) is 87.4 cm³/mol. The highest BCUT2D eigenvalue weighted by atomic mass is 16.5. The van der Waals surface area contributed by atoms with E-state index in [1.54, 1.807) is 6.07 Å². The number of piperidine rings is 1. The van der Waals surface area contributed by atoms with E-state index in [0.29, 0.717) is 18.2 Å². The molecule has 1 fully saturated rings. The lowest BCUT2D eigenvalue weighted by Crippen LogP contribution is -2.35. The maximum atomic E-state index is 11.6. The van der Waals surface area contributed by atoms with Crippen LogP contribution in [0, 0.1) is 6.92 Å². The minimum Gasteiger partial charge on any atom is -0.493 e. The number of fused-ring (bicyclic) bond motifs is 1. The van der Waals surface area contributed by atoms with Gasteiger partial charge in [-0.05, 0) is 50.9 Å². The van der Waals surface area contributed by atoms with Crippen molar-refractivity contribution in [2.75, 3.05) is 18.9 Å². The van der Waals surface area contributed by atoms with Crippen molar-refractivity contribution in [1.82, 2.24) is 5.32 Å². The molecule has 0 amide bonds. The van der Waals surface area contributed by atoms with Crippen molar-refractivity contribution >= 4 is 16.7 Å². The van der Waals surface area contributed by atoms with Gasteiger partial charge in [-0.2, -0.15) is 0 Å². The number of nitrogen functional groups attached to an aromatic ring is 1. The fourth-order valence-electron chi connectivity index (χ4n) is 2.96. The second kappa shape index (κ2) is 6.40. The zero-order chi connectivity index (χ0) is 15.5. The summed E-state index contributed by atoms with van der Waals surface area (Å²) in [5.41, 5.74) is 6.61. The Balaban J connectivity index is 1.72. The number of nitrogens with two attached hydrogens (primary N) is 1. The van der Waals surface area contributed by atoms with E-state index in [1.165, 1.54) is 19.3 Å². The normalized spacial score (nSPS) is 18.5. The zero-order valence-electron chi connectivity index (χ0n) is 12.9. The number of rotatable bonds is 4. The first-order valence-electron chi connectivity index (χ1n) is 7.84. The number of hydrogen-bond acceptors (Lipinski definition) is 5. The number of aryl methyl sites for hydroxylation is 1. The van der Waals surface area contributed by atoms with E-state index in [2.05, 4.69) is 5.32 Å². The Morgan fingerprint density at radius 2 is 2.27 bits per heavy atom. The highest BCUT2D eigenvalue weighted by molar-refractivity contribution is 5.83. The molecule has 2 heterocycles. The molecule has 0 aliphatic carbocycles. The van der Waals surface area contributed by atoms with E-state index < -0.39 is 5.63 Å². The average Bonchev–Trinajstić information content (AvgIpc) is 2.53. The van der Waals surface area contributed by atoms with Gasteiger partial charge < -0.3 is 20.2 Å². The molecule has 118 valence electrons. The maximum absolute atomic E-state index is 11.6. The van der Waals surface area contributed by atoms with Crippen LogP contribution in [-0.4, -0.2) is 19.2 Å². The Hall–Kier alpha value is -2.01. The van der Waals surface area contributed by atoms with Crippen molar-refractivity contribution < 1.29 is 9.15 Å². The van der Waals surface area contributed by atoms with Crippen LogP contribution in [-0.2, 0) is 0 Å². The van der Waals surface area contributed by atoms with E-state index in [0.717, 1.165) is 29.7 Å². The molecule has 3 N–H and O–H groups in total. The monoisotopic (exact) mass is 302 g/mol. The Morgan fingerprint density at radius 3 is 3.05 bits per heavy atom. The van der Waals surface area contributed by atoms with E-state index in [4.69, 9.17) is 14.9 Å². The highest BCUT2D eigenvalue weighted by Crippen LogP contribution is 2.27. The molecule has 0 spiro atoms. The van der Waals surface area contributed by atoms with E-state index in [-0.39, 0.29) is 5.69 Å². The van der Waals surface area contributed by atoms with Crippen LogP contribution in [0.25, 0.3) is 11.0 Å². The molecule has 0 radical (unpaired) electrons. The minimum atomic E-state index is -0.501. The number of anilines is 1. The molecule has 1 aromatic heterocycles. The lowest BCUT2D eigenvalue weighted by molar-refractivity contribution is 0.267. The molecular formula is C17H22N2O3. The van der Waals surface area contributed by atoms with Gasteiger partial charge in [0.2, 0.25) is 0 Å². The zero-order valence-corrected chi connectivity index (χ0v) is 12.9. The summed E-state index contributed by atoms with van der Waals surface area (Å²) >= 11 is 0. The third-order valence-electron chi connectivity index (χ3n) is 4.26. The molecule has 22 heavy (non-hydrogen) atoms.